The first-order chi connectivity index (χ1) is 6.18. The van der Waals surface area contributed by atoms with E-state index in [1.54, 1.807) is 6.07 Å². The lowest BCUT2D eigenvalue weighted by Crippen LogP contribution is -2.14. The lowest BCUT2D eigenvalue weighted by molar-refractivity contribution is 0.0995. The van der Waals surface area contributed by atoms with Gasteiger partial charge in [-0.2, -0.15) is 0 Å². The van der Waals surface area contributed by atoms with E-state index in [0.717, 1.165) is 30.5 Å². The van der Waals surface area contributed by atoms with Crippen molar-refractivity contribution in [3.8, 4) is 0 Å². The highest BCUT2D eigenvalue weighted by atomic mass is 35.5. The van der Waals surface area contributed by atoms with Gasteiger partial charge in [-0.15, -0.1) is 0 Å². The van der Waals surface area contributed by atoms with Crippen molar-refractivity contribution in [3.05, 3.63) is 28.0 Å². The SMILES string of the molecule is NC(=O)c1nc2c(cc1Cl)CCC2. The number of amides is 1. The van der Waals surface area contributed by atoms with E-state index >= 15 is 0 Å². The van der Waals surface area contributed by atoms with Gasteiger partial charge in [-0.3, -0.25) is 4.79 Å². The zero-order valence-corrected chi connectivity index (χ0v) is 7.77. The normalized spacial score (nSPS) is 14.2. The van der Waals surface area contributed by atoms with E-state index in [4.69, 9.17) is 17.3 Å². The van der Waals surface area contributed by atoms with E-state index in [1.165, 1.54) is 0 Å². The minimum absolute atomic E-state index is 0.197. The van der Waals surface area contributed by atoms with Crippen LogP contribution in [0.2, 0.25) is 5.02 Å². The molecule has 0 saturated heterocycles. The molecule has 1 heterocycles. The van der Waals surface area contributed by atoms with Gasteiger partial charge < -0.3 is 5.73 Å². The number of aryl methyl sites for hydroxylation is 2. The second kappa shape index (κ2) is 3.00. The average molecular weight is 197 g/mol. The van der Waals surface area contributed by atoms with Gasteiger partial charge in [0.2, 0.25) is 0 Å². The highest BCUT2D eigenvalue weighted by Gasteiger charge is 2.17. The topological polar surface area (TPSA) is 56.0 Å². The smallest absolute Gasteiger partial charge is 0.268 e. The van der Waals surface area contributed by atoms with Crippen molar-refractivity contribution in [1.82, 2.24) is 4.98 Å². The summed E-state index contributed by atoms with van der Waals surface area (Å²) >= 11 is 5.84. The number of hydrogen-bond donors (Lipinski definition) is 1. The van der Waals surface area contributed by atoms with Crippen LogP contribution in [-0.2, 0) is 12.8 Å². The van der Waals surface area contributed by atoms with E-state index in [1.807, 2.05) is 0 Å². The minimum Gasteiger partial charge on any atom is -0.364 e. The number of carbonyl (C=O) groups is 1. The molecule has 0 saturated carbocycles. The third-order valence-corrected chi connectivity index (χ3v) is 2.53. The molecule has 0 radical (unpaired) electrons. The summed E-state index contributed by atoms with van der Waals surface area (Å²) in [6, 6.07) is 1.80. The third-order valence-electron chi connectivity index (χ3n) is 2.24. The number of hydrogen-bond acceptors (Lipinski definition) is 2. The largest absolute Gasteiger partial charge is 0.364 e. The van der Waals surface area contributed by atoms with E-state index in [9.17, 15) is 4.79 Å². The summed E-state index contributed by atoms with van der Waals surface area (Å²) in [5.41, 5.74) is 7.44. The Kier molecular flexibility index (Phi) is 1.96. The molecule has 0 bridgehead atoms. The van der Waals surface area contributed by atoms with Crippen LogP contribution in [0.1, 0.15) is 28.2 Å². The molecule has 0 spiro atoms. The Labute approximate surface area is 80.9 Å². The molecule has 1 aromatic rings. The second-order valence-corrected chi connectivity index (χ2v) is 3.55. The number of halogens is 1. The number of pyridine rings is 1. The van der Waals surface area contributed by atoms with Crippen LogP contribution >= 0.6 is 11.6 Å². The van der Waals surface area contributed by atoms with Crippen LogP contribution in [-0.4, -0.2) is 10.9 Å². The summed E-state index contributed by atoms with van der Waals surface area (Å²) in [5, 5.41) is 0.369. The van der Waals surface area contributed by atoms with Crippen molar-refractivity contribution in [2.75, 3.05) is 0 Å². The quantitative estimate of drug-likeness (QED) is 0.737. The van der Waals surface area contributed by atoms with Crippen LogP contribution in [0.5, 0.6) is 0 Å². The Morgan fingerprint density at radius 3 is 3.00 bits per heavy atom. The maximum atomic E-state index is 10.9. The van der Waals surface area contributed by atoms with Crippen LogP contribution in [0.3, 0.4) is 0 Å². The van der Waals surface area contributed by atoms with Gasteiger partial charge in [0.1, 0.15) is 5.69 Å². The first-order valence-electron chi connectivity index (χ1n) is 4.16. The summed E-state index contributed by atoms with van der Waals surface area (Å²) < 4.78 is 0. The lowest BCUT2D eigenvalue weighted by atomic mass is 10.2. The van der Waals surface area contributed by atoms with Crippen LogP contribution in [0.25, 0.3) is 0 Å². The fraction of sp³-hybridized carbons (Fsp3) is 0.333. The Morgan fingerprint density at radius 1 is 1.54 bits per heavy atom. The number of nitrogens with two attached hydrogens (primary N) is 1. The minimum atomic E-state index is -0.556. The molecular formula is C9H9ClN2O. The van der Waals surface area contributed by atoms with Gasteiger partial charge in [0.15, 0.2) is 0 Å². The molecule has 2 rings (SSSR count). The molecule has 4 heteroatoms. The Balaban J connectivity index is 2.55. The first kappa shape index (κ1) is 8.51. The van der Waals surface area contributed by atoms with Crippen LogP contribution < -0.4 is 5.73 Å². The second-order valence-electron chi connectivity index (χ2n) is 3.14. The predicted octanol–water partition coefficient (Wildman–Crippen LogP) is 1.32. The van der Waals surface area contributed by atoms with Gasteiger partial charge in [-0.05, 0) is 30.9 Å². The molecule has 1 amide bonds. The summed E-state index contributed by atoms with van der Waals surface area (Å²) in [4.78, 5) is 15.0. The van der Waals surface area contributed by atoms with E-state index < -0.39 is 5.91 Å². The van der Waals surface area contributed by atoms with E-state index in [2.05, 4.69) is 4.98 Å². The van der Waals surface area contributed by atoms with Gasteiger partial charge in [0, 0.05) is 5.69 Å². The highest BCUT2D eigenvalue weighted by molar-refractivity contribution is 6.33. The first-order valence-corrected chi connectivity index (χ1v) is 4.54. The molecule has 0 unspecified atom stereocenters. The molecule has 13 heavy (non-hydrogen) atoms. The molecule has 3 nitrogen and oxygen atoms in total. The third kappa shape index (κ3) is 1.40. The van der Waals surface area contributed by atoms with Crippen LogP contribution in [0.15, 0.2) is 6.07 Å². The van der Waals surface area contributed by atoms with Gasteiger partial charge in [-0.25, -0.2) is 4.98 Å². The van der Waals surface area contributed by atoms with Crippen molar-refractivity contribution in [1.29, 1.82) is 0 Å². The standard InChI is InChI=1S/C9H9ClN2O/c10-6-4-5-2-1-3-7(5)12-8(6)9(11)13/h4H,1-3H2,(H2,11,13). The van der Waals surface area contributed by atoms with Crippen LogP contribution in [0, 0.1) is 0 Å². The molecular weight excluding hydrogens is 188 g/mol. The zero-order valence-electron chi connectivity index (χ0n) is 7.01. The van der Waals surface area contributed by atoms with E-state index in [0.29, 0.717) is 5.02 Å². The molecule has 0 aliphatic heterocycles. The maximum Gasteiger partial charge on any atom is 0.268 e. The zero-order chi connectivity index (χ0) is 9.42. The van der Waals surface area contributed by atoms with Crippen molar-refractivity contribution in [2.24, 2.45) is 5.73 Å². The van der Waals surface area contributed by atoms with Crippen LogP contribution in [0.4, 0.5) is 0 Å². The number of carbonyl (C=O) groups excluding carboxylic acids is 1. The number of fused-ring (bicyclic) bond motifs is 1. The lowest BCUT2D eigenvalue weighted by Gasteiger charge is -2.02. The fourth-order valence-electron chi connectivity index (χ4n) is 1.62. The molecule has 0 atom stereocenters. The monoisotopic (exact) mass is 196 g/mol. The molecule has 1 aliphatic rings. The maximum absolute atomic E-state index is 10.9. The van der Waals surface area contributed by atoms with Gasteiger partial charge in [-0.1, -0.05) is 11.6 Å². The Morgan fingerprint density at radius 2 is 2.31 bits per heavy atom. The predicted molar refractivity (Wildman–Crippen MR) is 49.8 cm³/mol. The molecule has 0 fully saturated rings. The molecule has 0 aromatic carbocycles. The fourth-order valence-corrected chi connectivity index (χ4v) is 1.88. The summed E-state index contributed by atoms with van der Waals surface area (Å²) in [6.07, 6.45) is 3.01. The average Bonchev–Trinajstić information content (AvgIpc) is 2.48. The Bertz CT molecular complexity index is 376. The number of aromatic nitrogens is 1. The number of nitrogens with zero attached hydrogens (tertiary/aromatic N) is 1. The Hall–Kier alpha value is -1.09. The highest BCUT2D eigenvalue weighted by Crippen LogP contribution is 2.25. The van der Waals surface area contributed by atoms with Crippen molar-refractivity contribution >= 4 is 17.5 Å². The van der Waals surface area contributed by atoms with Gasteiger partial charge in [0.05, 0.1) is 5.02 Å². The molecule has 2 N–H and O–H groups in total. The molecule has 68 valence electrons. The van der Waals surface area contributed by atoms with Crippen molar-refractivity contribution < 1.29 is 4.79 Å². The van der Waals surface area contributed by atoms with Crippen molar-refractivity contribution in [3.63, 3.8) is 0 Å². The van der Waals surface area contributed by atoms with Crippen molar-refractivity contribution in [2.45, 2.75) is 19.3 Å². The summed E-state index contributed by atoms with van der Waals surface area (Å²) in [5.74, 6) is -0.556. The van der Waals surface area contributed by atoms with E-state index in [-0.39, 0.29) is 5.69 Å². The number of primary amides is 1. The molecule has 1 aliphatic carbocycles. The summed E-state index contributed by atoms with van der Waals surface area (Å²) in [6.45, 7) is 0. The summed E-state index contributed by atoms with van der Waals surface area (Å²) in [7, 11) is 0. The van der Waals surface area contributed by atoms with Gasteiger partial charge in [0.25, 0.3) is 5.91 Å². The molecule has 1 aromatic heterocycles. The van der Waals surface area contributed by atoms with Gasteiger partial charge >= 0.3 is 0 Å². The number of rotatable bonds is 1.